The average molecular weight is 399 g/mol. The minimum absolute atomic E-state index is 0.243. The van der Waals surface area contributed by atoms with Gasteiger partial charge in [-0.3, -0.25) is 9.59 Å². The molecule has 3 aromatic rings. The zero-order valence-electron chi connectivity index (χ0n) is 16.4. The quantitative estimate of drug-likeness (QED) is 0.688. The maximum absolute atomic E-state index is 12.9. The molecule has 0 unspecified atom stereocenters. The van der Waals surface area contributed by atoms with Gasteiger partial charge in [0.25, 0.3) is 11.8 Å². The van der Waals surface area contributed by atoms with Crippen LogP contribution in [0.25, 0.3) is 0 Å². The molecule has 2 heterocycles. The molecule has 0 aliphatic carbocycles. The number of fused-ring (bicyclic) bond motifs is 1. The van der Waals surface area contributed by atoms with Crippen molar-refractivity contribution in [2.75, 3.05) is 5.32 Å². The number of hydrogen-bond donors (Lipinski definition) is 2. The number of benzene rings is 2. The molecule has 7 nitrogen and oxygen atoms in total. The van der Waals surface area contributed by atoms with Crippen molar-refractivity contribution in [3.05, 3.63) is 82.9 Å². The molecular formula is C23H21N5O2. The summed E-state index contributed by atoms with van der Waals surface area (Å²) in [6, 6.07) is 18.5. The average Bonchev–Trinajstić information content (AvgIpc) is 3.18. The van der Waals surface area contributed by atoms with Crippen molar-refractivity contribution in [2.45, 2.75) is 32.4 Å². The second-order valence-electron chi connectivity index (χ2n) is 7.12. The molecule has 2 amide bonds. The van der Waals surface area contributed by atoms with Gasteiger partial charge in [-0.25, -0.2) is 4.98 Å². The molecular weight excluding hydrogens is 378 g/mol. The summed E-state index contributed by atoms with van der Waals surface area (Å²) in [6.45, 7) is 1.04. The van der Waals surface area contributed by atoms with Crippen LogP contribution in [0.4, 0.5) is 5.69 Å². The SMILES string of the molecule is N#Cc1ccccc1NC(=O)c1nc(C(=O)NCc2ccccc2)n2c1CCCC2. The molecule has 4 rings (SSSR count). The zero-order valence-corrected chi connectivity index (χ0v) is 16.4. The molecule has 0 radical (unpaired) electrons. The number of carbonyl (C=O) groups excluding carboxylic acids is 2. The number of rotatable bonds is 5. The van der Waals surface area contributed by atoms with E-state index in [4.69, 9.17) is 0 Å². The first-order valence-electron chi connectivity index (χ1n) is 9.89. The van der Waals surface area contributed by atoms with E-state index in [0.29, 0.717) is 30.8 Å². The normalized spacial score (nSPS) is 12.5. The van der Waals surface area contributed by atoms with E-state index in [-0.39, 0.29) is 17.4 Å². The Kier molecular flexibility index (Phi) is 5.57. The highest BCUT2D eigenvalue weighted by Crippen LogP contribution is 2.23. The van der Waals surface area contributed by atoms with Gasteiger partial charge in [0.2, 0.25) is 0 Å². The predicted octanol–water partition coefficient (Wildman–Crippen LogP) is 3.27. The third kappa shape index (κ3) is 3.94. The van der Waals surface area contributed by atoms with E-state index >= 15 is 0 Å². The molecule has 2 aromatic carbocycles. The van der Waals surface area contributed by atoms with E-state index < -0.39 is 5.91 Å². The summed E-state index contributed by atoms with van der Waals surface area (Å²) in [4.78, 5) is 30.2. The lowest BCUT2D eigenvalue weighted by Gasteiger charge is -2.17. The van der Waals surface area contributed by atoms with E-state index in [1.165, 1.54) is 0 Å². The summed E-state index contributed by atoms with van der Waals surface area (Å²) in [7, 11) is 0. The summed E-state index contributed by atoms with van der Waals surface area (Å²) in [5.41, 5.74) is 2.80. The summed E-state index contributed by atoms with van der Waals surface area (Å²) in [5, 5.41) is 14.9. The van der Waals surface area contributed by atoms with Crippen LogP contribution in [0.1, 0.15) is 50.8 Å². The van der Waals surface area contributed by atoms with Crippen molar-refractivity contribution < 1.29 is 9.59 Å². The predicted molar refractivity (Wildman–Crippen MR) is 112 cm³/mol. The molecule has 0 spiro atoms. The van der Waals surface area contributed by atoms with Crippen LogP contribution in [-0.2, 0) is 19.5 Å². The van der Waals surface area contributed by atoms with E-state index in [0.717, 1.165) is 24.1 Å². The minimum atomic E-state index is -0.412. The highest BCUT2D eigenvalue weighted by atomic mass is 16.2. The molecule has 1 aliphatic heterocycles. The van der Waals surface area contributed by atoms with E-state index in [2.05, 4.69) is 21.7 Å². The van der Waals surface area contributed by atoms with Crippen LogP contribution in [0, 0.1) is 11.3 Å². The van der Waals surface area contributed by atoms with Crippen LogP contribution in [0.5, 0.6) is 0 Å². The van der Waals surface area contributed by atoms with Crippen molar-refractivity contribution >= 4 is 17.5 Å². The molecule has 7 heteroatoms. The van der Waals surface area contributed by atoms with Gasteiger partial charge in [-0.05, 0) is 37.0 Å². The molecule has 1 aromatic heterocycles. The molecule has 150 valence electrons. The van der Waals surface area contributed by atoms with E-state index in [1.54, 1.807) is 24.3 Å². The fourth-order valence-electron chi connectivity index (χ4n) is 3.63. The summed E-state index contributed by atoms with van der Waals surface area (Å²) in [5.74, 6) is -0.469. The van der Waals surface area contributed by atoms with Crippen LogP contribution in [0.3, 0.4) is 0 Å². The van der Waals surface area contributed by atoms with Gasteiger partial charge in [-0.1, -0.05) is 42.5 Å². The van der Waals surface area contributed by atoms with Gasteiger partial charge < -0.3 is 15.2 Å². The van der Waals surface area contributed by atoms with Crippen LogP contribution < -0.4 is 10.6 Å². The smallest absolute Gasteiger partial charge is 0.287 e. The van der Waals surface area contributed by atoms with Crippen LogP contribution in [-0.4, -0.2) is 21.4 Å². The monoisotopic (exact) mass is 399 g/mol. The lowest BCUT2D eigenvalue weighted by molar-refractivity contribution is 0.0935. The third-order valence-corrected chi connectivity index (χ3v) is 5.13. The topological polar surface area (TPSA) is 99.8 Å². The van der Waals surface area contributed by atoms with Crippen LogP contribution >= 0.6 is 0 Å². The highest BCUT2D eigenvalue weighted by molar-refractivity contribution is 6.05. The Labute approximate surface area is 174 Å². The molecule has 1 aliphatic rings. The molecule has 0 atom stereocenters. The van der Waals surface area contributed by atoms with Crippen molar-refractivity contribution in [3.63, 3.8) is 0 Å². The fourth-order valence-corrected chi connectivity index (χ4v) is 3.63. The summed E-state index contributed by atoms with van der Waals surface area (Å²) in [6.07, 6.45) is 2.55. The van der Waals surface area contributed by atoms with Crippen LogP contribution in [0.2, 0.25) is 0 Å². The van der Waals surface area contributed by atoms with E-state index in [1.807, 2.05) is 34.9 Å². The largest absolute Gasteiger partial charge is 0.345 e. The molecule has 0 fully saturated rings. The first-order chi connectivity index (χ1) is 14.7. The first kappa shape index (κ1) is 19.4. The lowest BCUT2D eigenvalue weighted by Crippen LogP contribution is -2.27. The van der Waals surface area contributed by atoms with Gasteiger partial charge in [0.05, 0.1) is 16.9 Å². The Morgan fingerprint density at radius 3 is 2.60 bits per heavy atom. The Balaban J connectivity index is 1.58. The Morgan fingerprint density at radius 1 is 1.03 bits per heavy atom. The van der Waals surface area contributed by atoms with Gasteiger partial charge in [0, 0.05) is 13.1 Å². The second-order valence-corrected chi connectivity index (χ2v) is 7.12. The number of amides is 2. The molecule has 2 N–H and O–H groups in total. The molecule has 0 saturated heterocycles. The van der Waals surface area contributed by atoms with Gasteiger partial charge >= 0.3 is 0 Å². The molecule has 0 saturated carbocycles. The first-order valence-corrected chi connectivity index (χ1v) is 9.89. The number of para-hydroxylation sites is 1. The maximum atomic E-state index is 12.9. The van der Waals surface area contributed by atoms with Crippen molar-refractivity contribution in [1.82, 2.24) is 14.9 Å². The Morgan fingerprint density at radius 2 is 1.80 bits per heavy atom. The number of anilines is 1. The van der Waals surface area contributed by atoms with Crippen molar-refractivity contribution in [1.29, 1.82) is 5.26 Å². The van der Waals surface area contributed by atoms with Gasteiger partial charge in [0.15, 0.2) is 11.5 Å². The zero-order chi connectivity index (χ0) is 20.9. The number of carbonyl (C=O) groups is 2. The van der Waals surface area contributed by atoms with Crippen molar-refractivity contribution in [2.24, 2.45) is 0 Å². The number of nitrogens with zero attached hydrogens (tertiary/aromatic N) is 3. The summed E-state index contributed by atoms with van der Waals surface area (Å²) < 4.78 is 1.84. The Bertz CT molecular complexity index is 1130. The number of imidazole rings is 1. The van der Waals surface area contributed by atoms with Crippen LogP contribution in [0.15, 0.2) is 54.6 Å². The number of nitriles is 1. The molecule has 0 bridgehead atoms. The highest BCUT2D eigenvalue weighted by Gasteiger charge is 2.27. The van der Waals surface area contributed by atoms with Crippen molar-refractivity contribution in [3.8, 4) is 6.07 Å². The summed E-state index contributed by atoms with van der Waals surface area (Å²) >= 11 is 0. The lowest BCUT2D eigenvalue weighted by atomic mass is 10.1. The number of nitrogens with one attached hydrogen (secondary N) is 2. The standard InChI is InChI=1S/C23H21N5O2/c24-14-17-10-4-5-11-18(17)26-22(29)20-19-12-6-7-13-28(19)21(27-20)23(30)25-15-16-8-2-1-3-9-16/h1-5,8-11H,6-7,12-13,15H2,(H,25,30)(H,26,29). The minimum Gasteiger partial charge on any atom is -0.345 e. The van der Waals surface area contributed by atoms with Gasteiger partial charge in [-0.15, -0.1) is 0 Å². The maximum Gasteiger partial charge on any atom is 0.287 e. The molecule has 30 heavy (non-hydrogen) atoms. The second kappa shape index (κ2) is 8.62. The van der Waals surface area contributed by atoms with Gasteiger partial charge in [0.1, 0.15) is 6.07 Å². The number of aromatic nitrogens is 2. The van der Waals surface area contributed by atoms with Gasteiger partial charge in [-0.2, -0.15) is 5.26 Å². The number of hydrogen-bond acceptors (Lipinski definition) is 4. The van der Waals surface area contributed by atoms with E-state index in [9.17, 15) is 14.9 Å². The Hall–Kier alpha value is -3.92. The fraction of sp³-hybridized carbons (Fsp3) is 0.217. The third-order valence-electron chi connectivity index (χ3n) is 5.13.